The van der Waals surface area contributed by atoms with E-state index in [1.54, 1.807) is 18.3 Å². The lowest BCUT2D eigenvalue weighted by atomic mass is 9.82. The number of carbonyl (C=O) groups excluding carboxylic acids is 1. The molecule has 1 amide bonds. The van der Waals surface area contributed by atoms with Crippen molar-refractivity contribution in [2.24, 2.45) is 0 Å². The number of halogens is 1. The minimum atomic E-state index is -0.169. The highest BCUT2D eigenvalue weighted by atomic mass is 79.9. The topological polar surface area (TPSA) is 54.5 Å². The summed E-state index contributed by atoms with van der Waals surface area (Å²) in [5.74, 6) is 0.555. The van der Waals surface area contributed by atoms with Crippen molar-refractivity contribution in [2.45, 2.75) is 45.8 Å². The summed E-state index contributed by atoms with van der Waals surface area (Å²) in [5.41, 5.74) is 3.55. The predicted octanol–water partition coefficient (Wildman–Crippen LogP) is 4.61. The van der Waals surface area contributed by atoms with Crippen molar-refractivity contribution in [1.82, 2.24) is 9.88 Å². The molecular weight excluding hydrogens is 406 g/mol. The van der Waals surface area contributed by atoms with Gasteiger partial charge in [-0.15, -0.1) is 0 Å². The number of likely N-dealkylation sites (N-methyl/N-ethyl adjacent to an activating group) is 1. The Morgan fingerprint density at radius 3 is 2.74 bits per heavy atom. The van der Waals surface area contributed by atoms with Gasteiger partial charge in [0.2, 0.25) is 0 Å². The van der Waals surface area contributed by atoms with Crippen molar-refractivity contribution in [2.75, 3.05) is 18.9 Å². The van der Waals surface area contributed by atoms with Gasteiger partial charge in [0.25, 0.3) is 5.91 Å². The monoisotopic (exact) mass is 431 g/mol. The van der Waals surface area contributed by atoms with Gasteiger partial charge in [-0.25, -0.2) is 0 Å². The van der Waals surface area contributed by atoms with E-state index in [0.717, 1.165) is 34.6 Å². The van der Waals surface area contributed by atoms with Crippen LogP contribution in [-0.4, -0.2) is 35.5 Å². The Hall–Kier alpha value is -1.92. The molecule has 1 aromatic carbocycles. The van der Waals surface area contributed by atoms with E-state index >= 15 is 0 Å². The van der Waals surface area contributed by atoms with Crippen LogP contribution in [0.4, 0.5) is 5.69 Å². The van der Waals surface area contributed by atoms with E-state index in [1.807, 2.05) is 26.0 Å². The third-order valence-electron chi connectivity index (χ3n) is 4.53. The molecule has 1 N–H and O–H groups in total. The van der Waals surface area contributed by atoms with E-state index in [0.29, 0.717) is 11.3 Å². The number of carbonyl (C=O) groups is 1. The number of hydrogen-bond acceptors (Lipinski definition) is 4. The van der Waals surface area contributed by atoms with Gasteiger partial charge in [-0.1, -0.05) is 13.8 Å². The van der Waals surface area contributed by atoms with Gasteiger partial charge in [0.1, 0.15) is 5.75 Å². The fourth-order valence-electron chi connectivity index (χ4n) is 3.60. The molecule has 1 aromatic heterocycles. The fourth-order valence-corrected chi connectivity index (χ4v) is 4.07. The smallest absolute Gasteiger partial charge is 0.255 e. The lowest BCUT2D eigenvalue weighted by Gasteiger charge is -2.37. The van der Waals surface area contributed by atoms with Gasteiger partial charge < -0.3 is 15.0 Å². The number of ether oxygens (including phenoxy) is 1. The minimum absolute atomic E-state index is 0.00197. The molecule has 0 aliphatic carbocycles. The Morgan fingerprint density at radius 2 is 2.07 bits per heavy atom. The van der Waals surface area contributed by atoms with E-state index in [9.17, 15) is 4.79 Å². The van der Waals surface area contributed by atoms with Crippen molar-refractivity contribution in [3.63, 3.8) is 0 Å². The Kier molecular flexibility index (Phi) is 5.58. The Bertz CT molecular complexity index is 865. The lowest BCUT2D eigenvalue weighted by Crippen LogP contribution is -2.40. The van der Waals surface area contributed by atoms with Crippen molar-refractivity contribution in [3.05, 3.63) is 51.8 Å². The maximum Gasteiger partial charge on any atom is 0.255 e. The van der Waals surface area contributed by atoms with Crippen LogP contribution in [-0.2, 0) is 12.0 Å². The molecule has 0 atom stereocenters. The number of hydrogen-bond donors (Lipinski definition) is 1. The molecule has 5 nitrogen and oxygen atoms in total. The van der Waals surface area contributed by atoms with Gasteiger partial charge in [0.05, 0.1) is 28.2 Å². The van der Waals surface area contributed by atoms with Crippen LogP contribution in [0.3, 0.4) is 0 Å². The van der Waals surface area contributed by atoms with Gasteiger partial charge >= 0.3 is 0 Å². The first-order chi connectivity index (χ1) is 12.7. The van der Waals surface area contributed by atoms with Crippen molar-refractivity contribution in [3.8, 4) is 5.75 Å². The second-order valence-electron chi connectivity index (χ2n) is 8.05. The molecule has 6 heteroatoms. The highest BCUT2D eigenvalue weighted by Crippen LogP contribution is 2.32. The largest absolute Gasteiger partial charge is 0.490 e. The normalized spacial score (nSPS) is 16.1. The molecular formula is C21H26BrN3O2. The number of pyridine rings is 1. The molecule has 0 unspecified atom stereocenters. The van der Waals surface area contributed by atoms with Crippen LogP contribution >= 0.6 is 15.9 Å². The molecule has 0 saturated heterocycles. The second kappa shape index (κ2) is 7.60. The zero-order chi connectivity index (χ0) is 19.8. The van der Waals surface area contributed by atoms with E-state index in [2.05, 4.69) is 52.0 Å². The molecule has 2 heterocycles. The van der Waals surface area contributed by atoms with E-state index in [4.69, 9.17) is 4.74 Å². The third-order valence-corrected chi connectivity index (χ3v) is 5.15. The van der Waals surface area contributed by atoms with Crippen LogP contribution in [0.2, 0.25) is 0 Å². The van der Waals surface area contributed by atoms with Crippen LogP contribution in [0.1, 0.15) is 49.3 Å². The standard InChI is InChI=1S/C21H26BrN3O2/c1-13(2)27-18-7-6-14(9-17(18)22)20(26)24-16-8-15-11-25(5)12-21(3,4)19(15)23-10-16/h6-10,13H,11-12H2,1-5H3,(H,24,26). The van der Waals surface area contributed by atoms with Gasteiger partial charge in [0, 0.05) is 24.1 Å². The van der Waals surface area contributed by atoms with E-state index in [-0.39, 0.29) is 17.4 Å². The number of benzene rings is 1. The average molecular weight is 432 g/mol. The molecule has 0 bridgehead atoms. The number of nitrogens with one attached hydrogen (secondary N) is 1. The Morgan fingerprint density at radius 1 is 1.33 bits per heavy atom. The first-order valence-corrected chi connectivity index (χ1v) is 9.90. The van der Waals surface area contributed by atoms with Crippen molar-refractivity contribution in [1.29, 1.82) is 0 Å². The zero-order valence-corrected chi connectivity index (χ0v) is 18.1. The molecule has 1 aliphatic heterocycles. The van der Waals surface area contributed by atoms with E-state index in [1.165, 1.54) is 0 Å². The molecule has 1 aliphatic rings. The summed E-state index contributed by atoms with van der Waals surface area (Å²) >= 11 is 3.47. The number of fused-ring (bicyclic) bond motifs is 1. The maximum absolute atomic E-state index is 12.6. The van der Waals surface area contributed by atoms with Gasteiger partial charge in [-0.3, -0.25) is 9.78 Å². The van der Waals surface area contributed by atoms with Crippen LogP contribution in [0.5, 0.6) is 5.75 Å². The molecule has 3 rings (SSSR count). The van der Waals surface area contributed by atoms with Gasteiger partial charge in [0.15, 0.2) is 0 Å². The van der Waals surface area contributed by atoms with Crippen LogP contribution in [0.25, 0.3) is 0 Å². The van der Waals surface area contributed by atoms with Crippen LogP contribution in [0.15, 0.2) is 34.9 Å². The highest BCUT2D eigenvalue weighted by molar-refractivity contribution is 9.10. The van der Waals surface area contributed by atoms with Crippen molar-refractivity contribution < 1.29 is 9.53 Å². The van der Waals surface area contributed by atoms with Crippen LogP contribution in [0, 0.1) is 0 Å². The molecule has 0 radical (unpaired) electrons. The number of amides is 1. The van der Waals surface area contributed by atoms with E-state index < -0.39 is 0 Å². The number of rotatable bonds is 4. The summed E-state index contributed by atoms with van der Waals surface area (Å²) in [7, 11) is 2.11. The zero-order valence-electron chi connectivity index (χ0n) is 16.5. The van der Waals surface area contributed by atoms with Crippen LogP contribution < -0.4 is 10.1 Å². The first-order valence-electron chi connectivity index (χ1n) is 9.11. The molecule has 0 spiro atoms. The molecule has 144 valence electrons. The summed E-state index contributed by atoms with van der Waals surface area (Å²) in [5, 5.41) is 2.96. The minimum Gasteiger partial charge on any atom is -0.490 e. The number of nitrogens with zero attached hydrogens (tertiary/aromatic N) is 2. The maximum atomic E-state index is 12.6. The quantitative estimate of drug-likeness (QED) is 0.767. The first kappa shape index (κ1) is 19.8. The highest BCUT2D eigenvalue weighted by Gasteiger charge is 2.31. The third kappa shape index (κ3) is 4.50. The summed E-state index contributed by atoms with van der Waals surface area (Å²) in [4.78, 5) is 19.6. The molecule has 27 heavy (non-hydrogen) atoms. The summed E-state index contributed by atoms with van der Waals surface area (Å²) < 4.78 is 6.46. The fraction of sp³-hybridized carbons (Fsp3) is 0.429. The predicted molar refractivity (Wildman–Crippen MR) is 111 cm³/mol. The summed E-state index contributed by atoms with van der Waals surface area (Å²) in [6.07, 6.45) is 1.82. The second-order valence-corrected chi connectivity index (χ2v) is 8.91. The number of aromatic nitrogens is 1. The molecule has 0 saturated carbocycles. The molecule has 2 aromatic rings. The number of anilines is 1. The van der Waals surface area contributed by atoms with Gasteiger partial charge in [-0.05, 0) is 66.7 Å². The molecule has 0 fully saturated rings. The van der Waals surface area contributed by atoms with Gasteiger partial charge in [-0.2, -0.15) is 0 Å². The Balaban J connectivity index is 1.79. The Labute approximate surface area is 169 Å². The summed E-state index contributed by atoms with van der Waals surface area (Å²) in [6, 6.07) is 7.38. The van der Waals surface area contributed by atoms with Crippen molar-refractivity contribution >= 4 is 27.5 Å². The lowest BCUT2D eigenvalue weighted by molar-refractivity contribution is 0.102. The summed E-state index contributed by atoms with van der Waals surface area (Å²) in [6.45, 7) is 10.1. The average Bonchev–Trinajstić information content (AvgIpc) is 2.55. The SMILES string of the molecule is CC(C)Oc1ccc(C(=O)Nc2cnc3c(c2)CN(C)CC3(C)C)cc1Br.